The van der Waals surface area contributed by atoms with Crippen LogP contribution in [-0.4, -0.2) is 28.3 Å². The molecule has 5 nitrogen and oxygen atoms in total. The second kappa shape index (κ2) is 11.5. The molecule has 1 heterocycles. The first kappa shape index (κ1) is 22.0. The first-order chi connectivity index (χ1) is 14.6. The zero-order chi connectivity index (χ0) is 21.2. The number of aromatic nitrogens is 1. The zero-order valence-electron chi connectivity index (χ0n) is 17.1. The maximum atomic E-state index is 12.4. The lowest BCUT2D eigenvalue weighted by Gasteiger charge is -2.26. The van der Waals surface area contributed by atoms with Crippen LogP contribution in [0.4, 0.5) is 4.79 Å². The van der Waals surface area contributed by atoms with Crippen LogP contribution < -0.4 is 5.32 Å². The third kappa shape index (κ3) is 7.28. The van der Waals surface area contributed by atoms with E-state index in [2.05, 4.69) is 29.4 Å². The fourth-order valence-corrected chi connectivity index (χ4v) is 3.98. The number of ether oxygens (including phenoxy) is 1. The lowest BCUT2D eigenvalue weighted by atomic mass is 9.90. The fraction of sp³-hybridized carbons (Fsp3) is 0.333. The van der Waals surface area contributed by atoms with Gasteiger partial charge < -0.3 is 15.2 Å². The molecule has 0 fully saturated rings. The van der Waals surface area contributed by atoms with Gasteiger partial charge in [0, 0.05) is 6.20 Å². The number of aliphatic hydroxyl groups is 1. The van der Waals surface area contributed by atoms with E-state index in [0.717, 1.165) is 16.9 Å². The average Bonchev–Trinajstić information content (AvgIpc) is 3.27. The van der Waals surface area contributed by atoms with Gasteiger partial charge in [-0.2, -0.15) is 0 Å². The number of aliphatic hydroxyl groups excluding tert-OH is 1. The molecule has 2 aromatic carbocycles. The van der Waals surface area contributed by atoms with Crippen molar-refractivity contribution in [1.82, 2.24) is 10.3 Å². The first-order valence-corrected chi connectivity index (χ1v) is 11.0. The molecule has 0 aliphatic heterocycles. The van der Waals surface area contributed by atoms with Gasteiger partial charge in [-0.3, -0.25) is 4.98 Å². The fourth-order valence-electron chi connectivity index (χ4n) is 3.47. The number of alkyl carbamates (subject to hydrolysis) is 1. The van der Waals surface area contributed by atoms with E-state index in [1.165, 1.54) is 16.9 Å². The molecule has 0 saturated carbocycles. The summed E-state index contributed by atoms with van der Waals surface area (Å²) in [4.78, 5) is 17.2. The van der Waals surface area contributed by atoms with Gasteiger partial charge in [0.25, 0.3) is 0 Å². The first-order valence-electron chi connectivity index (χ1n) is 10.2. The molecule has 158 valence electrons. The van der Waals surface area contributed by atoms with Crippen LogP contribution in [0.5, 0.6) is 0 Å². The number of rotatable bonds is 10. The molecule has 3 aromatic rings. The predicted octanol–water partition coefficient (Wildman–Crippen LogP) is 4.61. The Hall–Kier alpha value is -2.70. The number of amides is 1. The summed E-state index contributed by atoms with van der Waals surface area (Å²) in [6, 6.07) is 19.7. The Kier molecular flexibility index (Phi) is 8.41. The number of nitrogens with zero attached hydrogens (tertiary/aromatic N) is 1. The quantitative estimate of drug-likeness (QED) is 0.499. The summed E-state index contributed by atoms with van der Waals surface area (Å²) in [7, 11) is 0. The molecule has 0 aliphatic rings. The van der Waals surface area contributed by atoms with Gasteiger partial charge in [0.2, 0.25) is 0 Å². The van der Waals surface area contributed by atoms with Gasteiger partial charge in [-0.15, -0.1) is 11.3 Å². The van der Waals surface area contributed by atoms with Crippen LogP contribution in [0, 0.1) is 5.92 Å². The average molecular weight is 425 g/mol. The van der Waals surface area contributed by atoms with E-state index in [1.807, 2.05) is 48.5 Å². The Bertz CT molecular complexity index is 872. The number of hydrogen-bond acceptors (Lipinski definition) is 5. The molecule has 2 N–H and O–H groups in total. The van der Waals surface area contributed by atoms with Gasteiger partial charge in [-0.1, -0.05) is 67.6 Å². The van der Waals surface area contributed by atoms with Crippen LogP contribution in [0.3, 0.4) is 0 Å². The number of thiazole rings is 1. The largest absolute Gasteiger partial charge is 0.444 e. The summed E-state index contributed by atoms with van der Waals surface area (Å²) in [6.07, 6.45) is 2.47. The molecular formula is C24H28N2O3S. The van der Waals surface area contributed by atoms with E-state index in [4.69, 9.17) is 4.74 Å². The van der Waals surface area contributed by atoms with Crippen molar-refractivity contribution in [3.05, 3.63) is 88.4 Å². The van der Waals surface area contributed by atoms with Crippen LogP contribution in [0.2, 0.25) is 0 Å². The Morgan fingerprint density at radius 1 is 1.07 bits per heavy atom. The standard InChI is InChI=1S/C24H28N2O3S/c1-18(12-19-8-4-2-5-9-19)13-23(27)22(14-20-10-6-3-7-11-20)26-24(28)29-16-21-15-25-17-30-21/h2-11,15,17-18,22-23,27H,12-14,16H2,1H3,(H,26,28)/t18-,22-,23-/m0/s1. The van der Waals surface area contributed by atoms with Gasteiger partial charge in [0.15, 0.2) is 0 Å². The van der Waals surface area contributed by atoms with Crippen molar-refractivity contribution in [2.45, 2.75) is 44.9 Å². The van der Waals surface area contributed by atoms with Crippen molar-refractivity contribution in [2.24, 2.45) is 5.92 Å². The molecule has 1 aromatic heterocycles. The minimum atomic E-state index is -0.681. The number of benzene rings is 2. The third-order valence-electron chi connectivity index (χ3n) is 4.97. The van der Waals surface area contributed by atoms with Gasteiger partial charge in [-0.05, 0) is 36.3 Å². The van der Waals surface area contributed by atoms with Crippen molar-refractivity contribution in [3.63, 3.8) is 0 Å². The lowest BCUT2D eigenvalue weighted by Crippen LogP contribution is -2.45. The highest BCUT2D eigenvalue weighted by Crippen LogP contribution is 2.18. The van der Waals surface area contributed by atoms with Gasteiger partial charge >= 0.3 is 6.09 Å². The second-order valence-corrected chi connectivity index (χ2v) is 8.55. The van der Waals surface area contributed by atoms with Gasteiger partial charge in [0.05, 0.1) is 22.5 Å². The second-order valence-electron chi connectivity index (χ2n) is 7.58. The van der Waals surface area contributed by atoms with Crippen molar-refractivity contribution in [2.75, 3.05) is 0 Å². The molecule has 0 unspecified atom stereocenters. The molecule has 0 saturated heterocycles. The molecule has 1 amide bonds. The van der Waals surface area contributed by atoms with Crippen molar-refractivity contribution in [3.8, 4) is 0 Å². The molecule has 6 heteroatoms. The summed E-state index contributed by atoms with van der Waals surface area (Å²) in [5, 5.41) is 13.8. The van der Waals surface area contributed by atoms with Gasteiger partial charge in [0.1, 0.15) is 6.61 Å². The van der Waals surface area contributed by atoms with Crippen molar-refractivity contribution in [1.29, 1.82) is 0 Å². The maximum Gasteiger partial charge on any atom is 0.407 e. The molecule has 3 rings (SSSR count). The van der Waals surface area contributed by atoms with Crippen LogP contribution in [0.15, 0.2) is 72.4 Å². The number of hydrogen-bond donors (Lipinski definition) is 2. The van der Waals surface area contributed by atoms with E-state index >= 15 is 0 Å². The van der Waals surface area contributed by atoms with Crippen LogP contribution >= 0.6 is 11.3 Å². The summed E-state index contributed by atoms with van der Waals surface area (Å²) in [5.74, 6) is 0.274. The molecule has 0 bridgehead atoms. The van der Waals surface area contributed by atoms with Crippen LogP contribution in [-0.2, 0) is 24.2 Å². The van der Waals surface area contributed by atoms with Crippen molar-refractivity contribution < 1.29 is 14.6 Å². The van der Waals surface area contributed by atoms with E-state index in [9.17, 15) is 9.90 Å². The summed E-state index contributed by atoms with van der Waals surface area (Å²) < 4.78 is 5.31. The predicted molar refractivity (Wildman–Crippen MR) is 119 cm³/mol. The SMILES string of the molecule is C[C@@H](Cc1ccccc1)C[C@H](O)[C@H](Cc1ccccc1)NC(=O)OCc1cncs1. The molecule has 0 aliphatic carbocycles. The highest BCUT2D eigenvalue weighted by molar-refractivity contribution is 7.09. The molecular weight excluding hydrogens is 396 g/mol. The highest BCUT2D eigenvalue weighted by atomic mass is 32.1. The van der Waals surface area contributed by atoms with Gasteiger partial charge in [-0.25, -0.2) is 4.79 Å². The summed E-state index contributed by atoms with van der Waals surface area (Å²) >= 11 is 1.44. The summed E-state index contributed by atoms with van der Waals surface area (Å²) in [6.45, 7) is 2.30. The van der Waals surface area contributed by atoms with E-state index in [1.54, 1.807) is 11.7 Å². The van der Waals surface area contributed by atoms with E-state index < -0.39 is 18.2 Å². The lowest BCUT2D eigenvalue weighted by molar-refractivity contribution is 0.0873. The Labute approximate surface area is 181 Å². The topological polar surface area (TPSA) is 71.5 Å². The van der Waals surface area contributed by atoms with Crippen LogP contribution in [0.25, 0.3) is 0 Å². The highest BCUT2D eigenvalue weighted by Gasteiger charge is 2.24. The molecule has 30 heavy (non-hydrogen) atoms. The third-order valence-corrected chi connectivity index (χ3v) is 5.72. The number of carbonyl (C=O) groups excluding carboxylic acids is 1. The smallest absolute Gasteiger partial charge is 0.407 e. The minimum absolute atomic E-state index is 0.176. The Balaban J connectivity index is 1.59. The van der Waals surface area contributed by atoms with E-state index in [0.29, 0.717) is 12.8 Å². The molecule has 0 radical (unpaired) electrons. The number of carbonyl (C=O) groups is 1. The Morgan fingerprint density at radius 3 is 2.30 bits per heavy atom. The monoisotopic (exact) mass is 424 g/mol. The normalized spacial score (nSPS) is 13.9. The number of nitrogens with one attached hydrogen (secondary N) is 1. The molecule has 0 spiro atoms. The van der Waals surface area contributed by atoms with E-state index in [-0.39, 0.29) is 12.5 Å². The zero-order valence-corrected chi connectivity index (χ0v) is 17.9. The molecule has 3 atom stereocenters. The summed E-state index contributed by atoms with van der Waals surface area (Å²) in [5.41, 5.74) is 4.00. The Morgan fingerprint density at radius 2 is 1.70 bits per heavy atom. The maximum absolute atomic E-state index is 12.4. The van der Waals surface area contributed by atoms with Crippen molar-refractivity contribution >= 4 is 17.4 Å². The minimum Gasteiger partial charge on any atom is -0.444 e. The van der Waals surface area contributed by atoms with Crippen LogP contribution in [0.1, 0.15) is 29.3 Å².